The molecule has 2 fully saturated rings. The van der Waals surface area contributed by atoms with Gasteiger partial charge in [-0.05, 0) is 65.9 Å². The number of carboxylic acid groups (broad SMARTS) is 1. The molecule has 5 heterocycles. The molecule has 5 aromatic rings. The van der Waals surface area contributed by atoms with E-state index in [1.54, 1.807) is 19.1 Å². The number of benzene rings is 3. The number of hydrogen-bond donors (Lipinski definition) is 1. The Hall–Kier alpha value is -6.48. The highest BCUT2D eigenvalue weighted by atomic mass is 16.5. The minimum absolute atomic E-state index is 0.0392. The SMILES string of the molecule is COc1ccc(CN(Cc2ccc(OC)cc2)c2ncc(-c3nc(N4CCOCC4)nc4c3CCN4c3cccc(CCC(=O)N4CCN(C(=O)O)CC4)c3)cn2)cc1. The van der Waals surface area contributed by atoms with Gasteiger partial charge in [-0.1, -0.05) is 36.4 Å². The average molecular weight is 800 g/mol. The Labute approximate surface area is 343 Å². The fourth-order valence-corrected chi connectivity index (χ4v) is 7.78. The van der Waals surface area contributed by atoms with Crippen LogP contribution in [0, 0.1) is 0 Å². The molecule has 0 aliphatic carbocycles. The molecule has 15 nitrogen and oxygen atoms in total. The Morgan fingerprint density at radius 2 is 1.39 bits per heavy atom. The zero-order valence-corrected chi connectivity index (χ0v) is 33.5. The molecule has 8 rings (SSSR count). The summed E-state index contributed by atoms with van der Waals surface area (Å²) in [4.78, 5) is 54.3. The quantitative estimate of drug-likeness (QED) is 0.161. The number of hydrogen-bond acceptors (Lipinski definition) is 12. The van der Waals surface area contributed by atoms with Crippen LogP contribution < -0.4 is 24.2 Å². The fourth-order valence-electron chi connectivity index (χ4n) is 7.78. The Balaban J connectivity index is 1.05. The highest BCUT2D eigenvalue weighted by Crippen LogP contribution is 2.39. The molecule has 59 heavy (non-hydrogen) atoms. The maximum atomic E-state index is 13.1. The van der Waals surface area contributed by atoms with Crippen molar-refractivity contribution in [3.63, 3.8) is 0 Å². The van der Waals surface area contributed by atoms with E-state index in [1.807, 2.05) is 48.8 Å². The van der Waals surface area contributed by atoms with Gasteiger partial charge in [0.2, 0.25) is 17.8 Å². The lowest BCUT2D eigenvalue weighted by atomic mass is 10.1. The standard InChI is InChI=1S/C44H49N9O6/c1-57-36-11-6-32(7-12-36)29-52(30-33-8-13-37(58-2)14-9-33)42-45-27-34(28-46-42)40-38-16-17-53(41(38)48-43(47-40)50-22-24-59-25-23-50)35-5-3-4-31(26-35)10-15-39(54)49-18-20-51(21-19-49)44(55)56/h3-9,11-14,26-28H,10,15-25,29-30H2,1-2H3,(H,55,56). The van der Waals surface area contributed by atoms with E-state index in [4.69, 9.17) is 34.1 Å². The topological polar surface area (TPSA) is 150 Å². The van der Waals surface area contributed by atoms with Crippen LogP contribution in [-0.2, 0) is 35.5 Å². The number of piperazine rings is 1. The van der Waals surface area contributed by atoms with Crippen molar-refractivity contribution in [3.05, 3.63) is 107 Å². The van der Waals surface area contributed by atoms with Gasteiger partial charge >= 0.3 is 6.09 Å². The van der Waals surface area contributed by atoms with Gasteiger partial charge < -0.3 is 43.8 Å². The van der Waals surface area contributed by atoms with Crippen molar-refractivity contribution in [2.45, 2.75) is 32.4 Å². The van der Waals surface area contributed by atoms with Crippen LogP contribution in [0.25, 0.3) is 11.3 Å². The zero-order valence-electron chi connectivity index (χ0n) is 33.5. The Morgan fingerprint density at radius 3 is 2.00 bits per heavy atom. The minimum atomic E-state index is -0.942. The van der Waals surface area contributed by atoms with Crippen molar-refractivity contribution in [1.29, 1.82) is 0 Å². The van der Waals surface area contributed by atoms with Gasteiger partial charge in [0.15, 0.2) is 0 Å². The Bertz CT molecular complexity index is 2180. The summed E-state index contributed by atoms with van der Waals surface area (Å²) in [6, 6.07) is 24.4. The monoisotopic (exact) mass is 799 g/mol. The van der Waals surface area contributed by atoms with Gasteiger partial charge in [-0.2, -0.15) is 4.98 Å². The molecular formula is C44H49N9O6. The van der Waals surface area contributed by atoms with Crippen LogP contribution in [0.15, 0.2) is 85.2 Å². The Kier molecular flexibility index (Phi) is 12.0. The number of amides is 2. The third-order valence-corrected chi connectivity index (χ3v) is 11.1. The van der Waals surface area contributed by atoms with Crippen LogP contribution >= 0.6 is 0 Å². The molecular weight excluding hydrogens is 751 g/mol. The minimum Gasteiger partial charge on any atom is -0.497 e. The smallest absolute Gasteiger partial charge is 0.407 e. The second-order valence-electron chi connectivity index (χ2n) is 14.8. The normalized spacial score (nSPS) is 15.2. The van der Waals surface area contributed by atoms with Crippen molar-refractivity contribution in [3.8, 4) is 22.8 Å². The van der Waals surface area contributed by atoms with Crippen LogP contribution in [0.3, 0.4) is 0 Å². The number of aromatic nitrogens is 4. The van der Waals surface area contributed by atoms with E-state index < -0.39 is 6.09 Å². The van der Waals surface area contributed by atoms with Crippen molar-refractivity contribution >= 4 is 35.4 Å². The molecule has 3 aliphatic rings. The number of methoxy groups -OCH3 is 2. The number of fused-ring (bicyclic) bond motifs is 1. The largest absolute Gasteiger partial charge is 0.497 e. The lowest BCUT2D eigenvalue weighted by Crippen LogP contribution is -2.50. The van der Waals surface area contributed by atoms with Gasteiger partial charge in [-0.25, -0.2) is 19.7 Å². The van der Waals surface area contributed by atoms with E-state index in [1.165, 1.54) is 4.90 Å². The van der Waals surface area contributed by atoms with Gasteiger partial charge in [-0.3, -0.25) is 4.79 Å². The summed E-state index contributed by atoms with van der Waals surface area (Å²) >= 11 is 0. The van der Waals surface area contributed by atoms with Gasteiger partial charge in [0, 0.05) is 94.5 Å². The van der Waals surface area contributed by atoms with Gasteiger partial charge in [0.1, 0.15) is 17.3 Å². The van der Waals surface area contributed by atoms with Gasteiger partial charge in [-0.15, -0.1) is 0 Å². The number of ether oxygens (including phenoxy) is 3. The number of aryl methyl sites for hydroxylation is 1. The third kappa shape index (κ3) is 9.15. The van der Waals surface area contributed by atoms with Crippen LogP contribution in [0.2, 0.25) is 0 Å². The number of carbonyl (C=O) groups is 2. The van der Waals surface area contributed by atoms with Crippen molar-refractivity contribution in [2.24, 2.45) is 0 Å². The van der Waals surface area contributed by atoms with Gasteiger partial charge in [0.05, 0.1) is 33.1 Å². The first-order valence-corrected chi connectivity index (χ1v) is 20.0. The third-order valence-electron chi connectivity index (χ3n) is 11.1. The molecule has 0 saturated carbocycles. The number of morpholine rings is 1. The molecule has 3 aliphatic heterocycles. The maximum Gasteiger partial charge on any atom is 0.407 e. The number of anilines is 4. The van der Waals surface area contributed by atoms with E-state index >= 15 is 0 Å². The van der Waals surface area contributed by atoms with Crippen LogP contribution in [0.5, 0.6) is 11.5 Å². The van der Waals surface area contributed by atoms with E-state index in [9.17, 15) is 14.7 Å². The lowest BCUT2D eigenvalue weighted by molar-refractivity contribution is -0.132. The first-order chi connectivity index (χ1) is 28.8. The molecule has 1 N–H and O–H groups in total. The summed E-state index contributed by atoms with van der Waals surface area (Å²) in [6.45, 7) is 5.99. The highest BCUT2D eigenvalue weighted by molar-refractivity contribution is 5.78. The second kappa shape index (κ2) is 18.0. The van der Waals surface area contributed by atoms with E-state index in [2.05, 4.69) is 51.1 Å². The van der Waals surface area contributed by atoms with E-state index in [0.29, 0.717) is 90.3 Å². The highest BCUT2D eigenvalue weighted by Gasteiger charge is 2.30. The maximum absolute atomic E-state index is 13.1. The lowest BCUT2D eigenvalue weighted by Gasteiger charge is -2.33. The summed E-state index contributed by atoms with van der Waals surface area (Å²) in [5, 5.41) is 9.27. The predicted molar refractivity (Wildman–Crippen MR) is 224 cm³/mol. The zero-order chi connectivity index (χ0) is 40.7. The molecule has 0 unspecified atom stereocenters. The molecule has 2 amide bonds. The van der Waals surface area contributed by atoms with E-state index in [0.717, 1.165) is 69.5 Å². The van der Waals surface area contributed by atoms with Crippen molar-refractivity contribution in [2.75, 3.05) is 87.9 Å². The fraction of sp³-hybridized carbons (Fsp3) is 0.364. The van der Waals surface area contributed by atoms with Crippen LogP contribution in [0.4, 0.5) is 28.2 Å². The summed E-state index contributed by atoms with van der Waals surface area (Å²) in [5.41, 5.74) is 6.91. The van der Waals surface area contributed by atoms with Crippen molar-refractivity contribution in [1.82, 2.24) is 29.7 Å². The van der Waals surface area contributed by atoms with Crippen LogP contribution in [-0.4, -0.2) is 120 Å². The molecule has 0 atom stereocenters. The molecule has 306 valence electrons. The number of rotatable bonds is 13. The number of nitrogens with zero attached hydrogens (tertiary/aromatic N) is 9. The molecule has 0 spiro atoms. The van der Waals surface area contributed by atoms with Crippen molar-refractivity contribution < 1.29 is 28.9 Å². The molecule has 15 heteroatoms. The second-order valence-corrected chi connectivity index (χ2v) is 14.8. The Morgan fingerprint density at radius 1 is 0.763 bits per heavy atom. The van der Waals surface area contributed by atoms with E-state index in [-0.39, 0.29) is 5.91 Å². The molecule has 0 radical (unpaired) electrons. The summed E-state index contributed by atoms with van der Waals surface area (Å²) in [6.07, 6.45) is 4.47. The molecule has 0 bridgehead atoms. The molecule has 2 saturated heterocycles. The predicted octanol–water partition coefficient (Wildman–Crippen LogP) is 5.44. The average Bonchev–Trinajstić information content (AvgIpc) is 3.73. The van der Waals surface area contributed by atoms with Gasteiger partial charge in [0.25, 0.3) is 0 Å². The number of carbonyl (C=O) groups excluding carboxylic acids is 1. The first kappa shape index (κ1) is 39.4. The van der Waals surface area contributed by atoms with Crippen LogP contribution in [0.1, 0.15) is 28.7 Å². The molecule has 2 aromatic heterocycles. The summed E-state index contributed by atoms with van der Waals surface area (Å²) in [5.74, 6) is 3.73. The summed E-state index contributed by atoms with van der Waals surface area (Å²) < 4.78 is 16.5. The first-order valence-electron chi connectivity index (χ1n) is 20.0. The molecule has 3 aromatic carbocycles. The summed E-state index contributed by atoms with van der Waals surface area (Å²) in [7, 11) is 3.33.